The molecule has 1 aromatic carbocycles. The lowest BCUT2D eigenvalue weighted by Crippen LogP contribution is -2.46. The summed E-state index contributed by atoms with van der Waals surface area (Å²) < 4.78 is 0. The molecule has 0 bridgehead atoms. The molecule has 0 aromatic heterocycles. The van der Waals surface area contributed by atoms with Crippen molar-refractivity contribution in [1.29, 1.82) is 0 Å². The molecule has 2 rings (SSSR count). The fraction of sp³-hybridized carbons (Fsp3) is 0.389. The Morgan fingerprint density at radius 2 is 1.79 bits per heavy atom. The molecular weight excluding hydrogens is 306 g/mol. The Kier molecular flexibility index (Phi) is 6.12. The van der Waals surface area contributed by atoms with E-state index in [-0.39, 0.29) is 30.2 Å². The van der Waals surface area contributed by atoms with Crippen LogP contribution in [0.1, 0.15) is 32.3 Å². The quantitative estimate of drug-likeness (QED) is 0.677. The molecule has 0 fully saturated rings. The number of para-hydroxylation sites is 1. The smallest absolute Gasteiger partial charge is 0.246 e. The highest BCUT2D eigenvalue weighted by Gasteiger charge is 2.18. The first kappa shape index (κ1) is 17.7. The van der Waals surface area contributed by atoms with Crippen molar-refractivity contribution in [2.75, 3.05) is 11.9 Å². The Morgan fingerprint density at radius 3 is 2.58 bits per heavy atom. The summed E-state index contributed by atoms with van der Waals surface area (Å²) in [5.74, 6) is -1.04. The number of allylic oxidation sites excluding steroid dienone is 1. The van der Waals surface area contributed by atoms with Crippen molar-refractivity contribution in [2.45, 2.75) is 32.7 Å². The maximum absolute atomic E-state index is 12.2. The zero-order chi connectivity index (χ0) is 17.5. The van der Waals surface area contributed by atoms with E-state index in [0.29, 0.717) is 12.1 Å². The molecule has 2 atom stereocenters. The minimum Gasteiger partial charge on any atom is -0.347 e. The Labute approximate surface area is 141 Å². The van der Waals surface area contributed by atoms with Crippen LogP contribution in [0.15, 0.2) is 30.3 Å². The lowest BCUT2D eigenvalue weighted by molar-refractivity contribution is -0.129. The van der Waals surface area contributed by atoms with Crippen LogP contribution in [0.5, 0.6) is 0 Å². The van der Waals surface area contributed by atoms with Crippen LogP contribution in [-0.2, 0) is 14.4 Å². The van der Waals surface area contributed by atoms with Gasteiger partial charge in [-0.1, -0.05) is 37.3 Å². The van der Waals surface area contributed by atoms with Gasteiger partial charge in [-0.25, -0.2) is 0 Å². The Morgan fingerprint density at radius 1 is 1.04 bits per heavy atom. The largest absolute Gasteiger partial charge is 0.347 e. The van der Waals surface area contributed by atoms with Gasteiger partial charge in [-0.2, -0.15) is 0 Å². The van der Waals surface area contributed by atoms with Gasteiger partial charge in [0.15, 0.2) is 0 Å². The van der Waals surface area contributed by atoms with Gasteiger partial charge < -0.3 is 16.0 Å². The van der Waals surface area contributed by atoms with Crippen LogP contribution in [0, 0.1) is 5.92 Å². The molecule has 3 amide bonds. The molecule has 1 aromatic rings. The van der Waals surface area contributed by atoms with E-state index in [9.17, 15) is 14.4 Å². The number of hydrogen-bond acceptors (Lipinski definition) is 3. The normalized spacial score (nSPS) is 24.5. The maximum Gasteiger partial charge on any atom is 0.246 e. The number of rotatable bonds is 0. The minimum atomic E-state index is -0.700. The number of carbonyl (C=O) groups is 3. The van der Waals surface area contributed by atoms with Crippen molar-refractivity contribution in [3.8, 4) is 0 Å². The van der Waals surface area contributed by atoms with Gasteiger partial charge in [0.05, 0.1) is 6.54 Å². The van der Waals surface area contributed by atoms with Crippen molar-refractivity contribution in [3.05, 3.63) is 35.9 Å². The lowest BCUT2D eigenvalue weighted by atomic mass is 10.0. The van der Waals surface area contributed by atoms with Crippen LogP contribution >= 0.6 is 0 Å². The molecule has 0 radical (unpaired) electrons. The topological polar surface area (TPSA) is 87.3 Å². The van der Waals surface area contributed by atoms with Crippen LogP contribution in [0.4, 0.5) is 5.69 Å². The van der Waals surface area contributed by atoms with E-state index < -0.39 is 6.04 Å². The van der Waals surface area contributed by atoms with Crippen molar-refractivity contribution < 1.29 is 14.4 Å². The van der Waals surface area contributed by atoms with Gasteiger partial charge in [-0.3, -0.25) is 14.4 Å². The molecular formula is C18H23N3O3. The molecule has 3 N–H and O–H groups in total. The first-order valence-electron chi connectivity index (χ1n) is 8.11. The SMILES string of the molecule is C[C@H]1CC/C=C/c2ccccc2NC(=O)[C@@H](C)NC(=O)CNC1=O. The summed E-state index contributed by atoms with van der Waals surface area (Å²) >= 11 is 0. The zero-order valence-corrected chi connectivity index (χ0v) is 14.0. The summed E-state index contributed by atoms with van der Waals surface area (Å²) in [6.07, 6.45) is 5.35. The van der Waals surface area contributed by atoms with E-state index in [1.807, 2.05) is 43.3 Å². The molecule has 24 heavy (non-hydrogen) atoms. The molecule has 1 aliphatic heterocycles. The highest BCUT2D eigenvalue weighted by molar-refractivity contribution is 5.98. The predicted octanol–water partition coefficient (Wildman–Crippen LogP) is 1.69. The maximum atomic E-state index is 12.2. The Balaban J connectivity index is 2.22. The molecule has 0 saturated carbocycles. The third kappa shape index (κ3) is 4.94. The van der Waals surface area contributed by atoms with Gasteiger partial charge in [0, 0.05) is 11.6 Å². The minimum absolute atomic E-state index is 0.132. The van der Waals surface area contributed by atoms with Gasteiger partial charge in [-0.05, 0) is 31.4 Å². The molecule has 6 nitrogen and oxygen atoms in total. The first-order chi connectivity index (χ1) is 11.5. The summed E-state index contributed by atoms with van der Waals surface area (Å²) in [5, 5.41) is 8.00. The van der Waals surface area contributed by atoms with Gasteiger partial charge in [0.1, 0.15) is 6.04 Å². The van der Waals surface area contributed by atoms with Crippen LogP contribution in [0.3, 0.4) is 0 Å². The number of carbonyl (C=O) groups excluding carboxylic acids is 3. The molecule has 0 aliphatic carbocycles. The predicted molar refractivity (Wildman–Crippen MR) is 93.1 cm³/mol. The first-order valence-corrected chi connectivity index (χ1v) is 8.11. The Hall–Kier alpha value is -2.63. The highest BCUT2D eigenvalue weighted by atomic mass is 16.2. The third-order valence-electron chi connectivity index (χ3n) is 3.92. The van der Waals surface area contributed by atoms with Crippen LogP contribution < -0.4 is 16.0 Å². The van der Waals surface area contributed by atoms with Crippen LogP contribution in [0.25, 0.3) is 6.08 Å². The molecule has 6 heteroatoms. The number of nitrogens with one attached hydrogen (secondary N) is 3. The summed E-state index contributed by atoms with van der Waals surface area (Å²) in [6, 6.07) is 6.76. The number of amides is 3. The fourth-order valence-corrected chi connectivity index (χ4v) is 2.38. The second-order valence-electron chi connectivity index (χ2n) is 5.96. The van der Waals surface area contributed by atoms with Crippen molar-refractivity contribution in [3.63, 3.8) is 0 Å². The van der Waals surface area contributed by atoms with E-state index in [1.165, 1.54) is 0 Å². The molecule has 128 valence electrons. The molecule has 1 aliphatic rings. The number of fused-ring (bicyclic) bond motifs is 1. The van der Waals surface area contributed by atoms with Gasteiger partial charge >= 0.3 is 0 Å². The molecule has 1 heterocycles. The number of hydrogen-bond donors (Lipinski definition) is 3. The van der Waals surface area contributed by atoms with Crippen molar-refractivity contribution >= 4 is 29.5 Å². The van der Waals surface area contributed by atoms with Gasteiger partial charge in [0.2, 0.25) is 17.7 Å². The third-order valence-corrected chi connectivity index (χ3v) is 3.92. The molecule has 0 unspecified atom stereocenters. The second kappa shape index (κ2) is 8.29. The lowest BCUT2D eigenvalue weighted by Gasteiger charge is -2.16. The molecule has 0 spiro atoms. The van der Waals surface area contributed by atoms with E-state index >= 15 is 0 Å². The highest BCUT2D eigenvalue weighted by Crippen LogP contribution is 2.18. The number of anilines is 1. The molecule has 0 saturated heterocycles. The van der Waals surface area contributed by atoms with Gasteiger partial charge in [0.25, 0.3) is 0 Å². The van der Waals surface area contributed by atoms with E-state index in [4.69, 9.17) is 0 Å². The van der Waals surface area contributed by atoms with E-state index in [0.717, 1.165) is 12.0 Å². The standard InChI is InChI=1S/C18H23N3O3/c1-12-7-3-4-8-14-9-5-6-10-15(14)21-18(24)13(2)20-16(22)11-19-17(12)23/h4-6,8-10,12-13H,3,7,11H2,1-2H3,(H,19,23)(H,20,22)(H,21,24)/b8-4+/t12-,13+/m0/s1. The van der Waals surface area contributed by atoms with Crippen molar-refractivity contribution in [1.82, 2.24) is 10.6 Å². The summed E-state index contributed by atoms with van der Waals surface area (Å²) in [7, 11) is 0. The van der Waals surface area contributed by atoms with E-state index in [1.54, 1.807) is 6.92 Å². The Bertz CT molecular complexity index is 655. The average Bonchev–Trinajstić information content (AvgIpc) is 2.56. The monoisotopic (exact) mass is 329 g/mol. The van der Waals surface area contributed by atoms with Gasteiger partial charge in [-0.15, -0.1) is 0 Å². The summed E-state index contributed by atoms with van der Waals surface area (Å²) in [4.78, 5) is 36.0. The van der Waals surface area contributed by atoms with Crippen LogP contribution in [-0.4, -0.2) is 30.3 Å². The van der Waals surface area contributed by atoms with Crippen LogP contribution in [0.2, 0.25) is 0 Å². The second-order valence-corrected chi connectivity index (χ2v) is 5.96. The number of benzene rings is 1. The average molecular weight is 329 g/mol. The summed E-state index contributed by atoms with van der Waals surface area (Å²) in [6.45, 7) is 3.31. The van der Waals surface area contributed by atoms with E-state index in [2.05, 4.69) is 16.0 Å². The zero-order valence-electron chi connectivity index (χ0n) is 14.0. The van der Waals surface area contributed by atoms with Crippen molar-refractivity contribution in [2.24, 2.45) is 5.92 Å². The summed E-state index contributed by atoms with van der Waals surface area (Å²) in [5.41, 5.74) is 1.58. The fourth-order valence-electron chi connectivity index (χ4n) is 2.38.